The summed E-state index contributed by atoms with van der Waals surface area (Å²) in [6, 6.07) is 3.86. The van der Waals surface area contributed by atoms with E-state index in [1.165, 1.54) is 25.7 Å². The van der Waals surface area contributed by atoms with Gasteiger partial charge < -0.3 is 10.5 Å². The van der Waals surface area contributed by atoms with Gasteiger partial charge in [-0.1, -0.05) is 39.2 Å². The van der Waals surface area contributed by atoms with E-state index in [4.69, 9.17) is 10.5 Å². The number of aromatic nitrogens is 1. The van der Waals surface area contributed by atoms with E-state index >= 15 is 0 Å². The van der Waals surface area contributed by atoms with E-state index in [0.717, 1.165) is 12.2 Å². The van der Waals surface area contributed by atoms with Crippen LogP contribution in [0.25, 0.3) is 0 Å². The molecule has 1 atom stereocenters. The third-order valence-corrected chi connectivity index (χ3v) is 3.08. The molecule has 0 aliphatic rings. The number of pyridine rings is 1. The van der Waals surface area contributed by atoms with Gasteiger partial charge in [-0.25, -0.2) is 4.98 Å². The Balaban J connectivity index is 2.28. The Morgan fingerprint density at radius 1 is 1.41 bits per heavy atom. The predicted molar refractivity (Wildman–Crippen MR) is 71.6 cm³/mol. The summed E-state index contributed by atoms with van der Waals surface area (Å²) in [6.45, 7) is 5.85. The van der Waals surface area contributed by atoms with E-state index < -0.39 is 0 Å². The molecule has 0 saturated carbocycles. The summed E-state index contributed by atoms with van der Waals surface area (Å²) in [5.74, 6) is 1.25. The van der Waals surface area contributed by atoms with Gasteiger partial charge >= 0.3 is 0 Å². The van der Waals surface area contributed by atoms with E-state index in [1.807, 2.05) is 12.1 Å². The molecule has 0 radical (unpaired) electrons. The number of hydrogen-bond acceptors (Lipinski definition) is 3. The second-order valence-electron chi connectivity index (χ2n) is 4.48. The molecule has 1 aromatic heterocycles. The van der Waals surface area contributed by atoms with Crippen molar-refractivity contribution < 1.29 is 4.74 Å². The van der Waals surface area contributed by atoms with Crippen LogP contribution in [-0.4, -0.2) is 11.6 Å². The molecule has 0 fully saturated rings. The van der Waals surface area contributed by atoms with Gasteiger partial charge in [0.05, 0.1) is 6.61 Å². The molecule has 3 nitrogen and oxygen atoms in total. The summed E-state index contributed by atoms with van der Waals surface area (Å²) >= 11 is 0. The zero-order valence-electron chi connectivity index (χ0n) is 11.0. The average Bonchev–Trinajstić information content (AvgIpc) is 2.35. The molecule has 0 amide bonds. The monoisotopic (exact) mass is 236 g/mol. The maximum atomic E-state index is 5.76. The van der Waals surface area contributed by atoms with Crippen LogP contribution in [0, 0.1) is 5.92 Å². The second kappa shape index (κ2) is 8.07. The smallest absolute Gasteiger partial charge is 0.128 e. The first-order chi connectivity index (χ1) is 8.27. The number of nitrogens with zero attached hydrogens (tertiary/aromatic N) is 1. The van der Waals surface area contributed by atoms with Gasteiger partial charge in [-0.3, -0.25) is 0 Å². The number of nitrogens with two attached hydrogens (primary N) is 1. The summed E-state index contributed by atoms with van der Waals surface area (Å²) in [6.07, 6.45) is 6.69. The number of hydrogen-bond donors (Lipinski definition) is 1. The maximum absolute atomic E-state index is 5.76. The molecule has 1 aromatic rings. The van der Waals surface area contributed by atoms with Gasteiger partial charge in [0.25, 0.3) is 0 Å². The molecule has 0 aliphatic carbocycles. The molecule has 0 spiro atoms. The van der Waals surface area contributed by atoms with Crippen LogP contribution in [0.5, 0.6) is 0 Å². The van der Waals surface area contributed by atoms with E-state index in [-0.39, 0.29) is 0 Å². The highest BCUT2D eigenvalue weighted by atomic mass is 16.5. The fourth-order valence-electron chi connectivity index (χ4n) is 1.81. The Morgan fingerprint density at radius 2 is 2.24 bits per heavy atom. The van der Waals surface area contributed by atoms with Crippen LogP contribution in [0.4, 0.5) is 5.82 Å². The topological polar surface area (TPSA) is 48.1 Å². The highest BCUT2D eigenvalue weighted by Gasteiger charge is 2.06. The highest BCUT2D eigenvalue weighted by Crippen LogP contribution is 2.15. The molecule has 0 saturated heterocycles. The van der Waals surface area contributed by atoms with Crippen molar-refractivity contribution in [2.45, 2.75) is 46.1 Å². The molecule has 2 N–H and O–H groups in total. The lowest BCUT2D eigenvalue weighted by Gasteiger charge is -2.14. The highest BCUT2D eigenvalue weighted by molar-refractivity contribution is 5.37. The molecular weight excluding hydrogens is 212 g/mol. The summed E-state index contributed by atoms with van der Waals surface area (Å²) < 4.78 is 5.73. The fraction of sp³-hybridized carbons (Fsp3) is 0.643. The lowest BCUT2D eigenvalue weighted by atomic mass is 10.0. The molecule has 17 heavy (non-hydrogen) atoms. The number of anilines is 1. The molecule has 0 bridgehead atoms. The van der Waals surface area contributed by atoms with Crippen molar-refractivity contribution in [1.29, 1.82) is 0 Å². The predicted octanol–water partition coefficient (Wildman–Crippen LogP) is 3.40. The van der Waals surface area contributed by atoms with Crippen molar-refractivity contribution in [3.63, 3.8) is 0 Å². The molecule has 1 heterocycles. The first-order valence-corrected chi connectivity index (χ1v) is 6.55. The van der Waals surface area contributed by atoms with Gasteiger partial charge in [-0.15, -0.1) is 0 Å². The van der Waals surface area contributed by atoms with Gasteiger partial charge in [-0.05, 0) is 18.4 Å². The van der Waals surface area contributed by atoms with Crippen LogP contribution in [0.1, 0.15) is 45.1 Å². The fourth-order valence-corrected chi connectivity index (χ4v) is 1.81. The zero-order valence-corrected chi connectivity index (χ0v) is 11.0. The maximum Gasteiger partial charge on any atom is 0.128 e. The summed E-state index contributed by atoms with van der Waals surface area (Å²) in [5.41, 5.74) is 6.74. The SMILES string of the molecule is CCCCC(CC)COCc1cccnc1N. The normalized spacial score (nSPS) is 12.6. The number of nitrogen functional groups attached to an aromatic ring is 1. The first kappa shape index (κ1) is 14.0. The standard InChI is InChI=1S/C14H24N2O/c1-3-5-7-12(4-2)10-17-11-13-8-6-9-16-14(13)15/h6,8-9,12H,3-5,7,10-11H2,1-2H3,(H2,15,16). The molecule has 0 aliphatic heterocycles. The lowest BCUT2D eigenvalue weighted by molar-refractivity contribution is 0.0822. The third-order valence-electron chi connectivity index (χ3n) is 3.08. The molecule has 3 heteroatoms. The van der Waals surface area contributed by atoms with Gasteiger partial charge in [0.2, 0.25) is 0 Å². The van der Waals surface area contributed by atoms with Crippen LogP contribution in [0.3, 0.4) is 0 Å². The van der Waals surface area contributed by atoms with Gasteiger partial charge in [0.1, 0.15) is 5.82 Å². The first-order valence-electron chi connectivity index (χ1n) is 6.55. The Hall–Kier alpha value is -1.09. The summed E-state index contributed by atoms with van der Waals surface area (Å²) in [5, 5.41) is 0. The van der Waals surface area contributed by atoms with E-state index in [1.54, 1.807) is 6.20 Å². The van der Waals surface area contributed by atoms with Crippen LogP contribution in [0.15, 0.2) is 18.3 Å². The number of ether oxygens (including phenoxy) is 1. The minimum absolute atomic E-state index is 0.572. The molecule has 96 valence electrons. The summed E-state index contributed by atoms with van der Waals surface area (Å²) in [4.78, 5) is 4.04. The Kier molecular flexibility index (Phi) is 6.63. The molecule has 0 aromatic carbocycles. The van der Waals surface area contributed by atoms with Crippen LogP contribution >= 0.6 is 0 Å². The molecule has 1 unspecified atom stereocenters. The van der Waals surface area contributed by atoms with Crippen LogP contribution < -0.4 is 5.73 Å². The lowest BCUT2D eigenvalue weighted by Crippen LogP contribution is -2.09. The van der Waals surface area contributed by atoms with Crippen LogP contribution in [0.2, 0.25) is 0 Å². The van der Waals surface area contributed by atoms with Gasteiger partial charge in [0, 0.05) is 18.4 Å². The van der Waals surface area contributed by atoms with E-state index in [0.29, 0.717) is 18.3 Å². The minimum atomic E-state index is 0.572. The minimum Gasteiger partial charge on any atom is -0.383 e. The van der Waals surface area contributed by atoms with Crippen molar-refractivity contribution >= 4 is 5.82 Å². The number of rotatable bonds is 8. The Morgan fingerprint density at radius 3 is 2.88 bits per heavy atom. The quantitative estimate of drug-likeness (QED) is 0.752. The van der Waals surface area contributed by atoms with E-state index in [9.17, 15) is 0 Å². The van der Waals surface area contributed by atoms with Gasteiger partial charge in [-0.2, -0.15) is 0 Å². The summed E-state index contributed by atoms with van der Waals surface area (Å²) in [7, 11) is 0. The third kappa shape index (κ3) is 5.18. The van der Waals surface area contributed by atoms with Crippen molar-refractivity contribution in [2.24, 2.45) is 5.92 Å². The average molecular weight is 236 g/mol. The van der Waals surface area contributed by atoms with Crippen molar-refractivity contribution in [2.75, 3.05) is 12.3 Å². The van der Waals surface area contributed by atoms with Gasteiger partial charge in [0.15, 0.2) is 0 Å². The zero-order chi connectivity index (χ0) is 12.5. The van der Waals surface area contributed by atoms with Crippen molar-refractivity contribution in [3.05, 3.63) is 23.9 Å². The molecule has 1 rings (SSSR count). The Labute approximate surface area is 104 Å². The van der Waals surface area contributed by atoms with Crippen molar-refractivity contribution in [3.8, 4) is 0 Å². The second-order valence-corrected chi connectivity index (χ2v) is 4.48. The van der Waals surface area contributed by atoms with E-state index in [2.05, 4.69) is 18.8 Å². The molecular formula is C14H24N2O. The Bertz CT molecular complexity index is 315. The van der Waals surface area contributed by atoms with Crippen LogP contribution in [-0.2, 0) is 11.3 Å². The number of unbranched alkanes of at least 4 members (excludes halogenated alkanes) is 1. The largest absolute Gasteiger partial charge is 0.383 e. The van der Waals surface area contributed by atoms with Crippen molar-refractivity contribution in [1.82, 2.24) is 4.98 Å².